The van der Waals surface area contributed by atoms with E-state index in [1.807, 2.05) is 34.0 Å². The zero-order valence-corrected chi connectivity index (χ0v) is 9.90. The Hall–Kier alpha value is -1.32. The molecule has 1 aliphatic rings. The topological polar surface area (TPSA) is 38.1 Å². The van der Waals surface area contributed by atoms with Gasteiger partial charge in [0.25, 0.3) is 0 Å². The van der Waals surface area contributed by atoms with Crippen LogP contribution in [0.1, 0.15) is 31.9 Å². The highest BCUT2D eigenvalue weighted by Gasteiger charge is 2.30. The Balaban J connectivity index is 0.000000531. The Morgan fingerprint density at radius 1 is 1.47 bits per heavy atom. The van der Waals surface area contributed by atoms with Crippen molar-refractivity contribution in [2.24, 2.45) is 0 Å². The lowest BCUT2D eigenvalue weighted by Gasteiger charge is -2.09. The van der Waals surface area contributed by atoms with Crippen LogP contribution < -0.4 is 0 Å². The Kier molecular flexibility index (Phi) is 3.88. The Morgan fingerprint density at radius 2 is 2.13 bits per heavy atom. The zero-order chi connectivity index (χ0) is 11.4. The lowest BCUT2D eigenvalue weighted by atomic mass is 10.2. The SMILES string of the molecule is CC.Cc1cnn(C2CCN(C)C2=O)c1. The predicted octanol–water partition coefficient (Wildman–Crippen LogP) is 1.62. The lowest BCUT2D eigenvalue weighted by Crippen LogP contribution is -2.24. The maximum atomic E-state index is 11.6. The number of hydrogen-bond acceptors (Lipinski definition) is 2. The van der Waals surface area contributed by atoms with Crippen LogP contribution in [0.4, 0.5) is 0 Å². The summed E-state index contributed by atoms with van der Waals surface area (Å²) >= 11 is 0. The van der Waals surface area contributed by atoms with Crippen molar-refractivity contribution in [1.82, 2.24) is 14.7 Å². The van der Waals surface area contributed by atoms with Crippen LogP contribution in [0.3, 0.4) is 0 Å². The molecule has 1 fully saturated rings. The molecule has 0 radical (unpaired) electrons. The van der Waals surface area contributed by atoms with Crippen LogP contribution in [0.5, 0.6) is 0 Å². The van der Waals surface area contributed by atoms with E-state index < -0.39 is 0 Å². The van der Waals surface area contributed by atoms with Crippen molar-refractivity contribution in [2.45, 2.75) is 33.2 Å². The van der Waals surface area contributed by atoms with Gasteiger partial charge in [-0.25, -0.2) is 0 Å². The molecule has 0 aliphatic carbocycles. The molecule has 4 heteroatoms. The van der Waals surface area contributed by atoms with Crippen molar-refractivity contribution < 1.29 is 4.79 Å². The van der Waals surface area contributed by atoms with Gasteiger partial charge in [0.15, 0.2) is 0 Å². The number of carbonyl (C=O) groups excluding carboxylic acids is 1. The van der Waals surface area contributed by atoms with Gasteiger partial charge in [0.2, 0.25) is 5.91 Å². The summed E-state index contributed by atoms with van der Waals surface area (Å²) in [6.45, 7) is 6.81. The summed E-state index contributed by atoms with van der Waals surface area (Å²) in [6.07, 6.45) is 4.57. The predicted molar refractivity (Wildman–Crippen MR) is 59.6 cm³/mol. The molecule has 1 aromatic rings. The average molecular weight is 209 g/mol. The maximum Gasteiger partial charge on any atom is 0.247 e. The highest BCUT2D eigenvalue weighted by atomic mass is 16.2. The van der Waals surface area contributed by atoms with E-state index >= 15 is 0 Å². The molecule has 0 bridgehead atoms. The summed E-state index contributed by atoms with van der Waals surface area (Å²) in [5.74, 6) is 0.170. The third-order valence-corrected chi connectivity index (χ3v) is 2.45. The van der Waals surface area contributed by atoms with E-state index in [1.165, 1.54) is 0 Å². The third-order valence-electron chi connectivity index (χ3n) is 2.45. The van der Waals surface area contributed by atoms with Crippen molar-refractivity contribution in [1.29, 1.82) is 0 Å². The molecule has 2 rings (SSSR count). The fourth-order valence-electron chi connectivity index (χ4n) is 1.65. The zero-order valence-electron chi connectivity index (χ0n) is 9.90. The van der Waals surface area contributed by atoms with E-state index in [0.717, 1.165) is 18.5 Å². The molecule has 2 heterocycles. The Bertz CT molecular complexity index is 332. The van der Waals surface area contributed by atoms with Gasteiger partial charge in [-0.2, -0.15) is 5.10 Å². The van der Waals surface area contributed by atoms with Crippen LogP contribution in [0, 0.1) is 6.92 Å². The Morgan fingerprint density at radius 3 is 2.53 bits per heavy atom. The van der Waals surface area contributed by atoms with Gasteiger partial charge in [-0.1, -0.05) is 13.8 Å². The van der Waals surface area contributed by atoms with Gasteiger partial charge in [-0.15, -0.1) is 0 Å². The molecule has 0 saturated carbocycles. The molecule has 84 valence electrons. The van der Waals surface area contributed by atoms with Crippen LogP contribution in [0.2, 0.25) is 0 Å². The molecular formula is C11H19N3O. The van der Waals surface area contributed by atoms with E-state index in [1.54, 1.807) is 15.8 Å². The fourth-order valence-corrected chi connectivity index (χ4v) is 1.65. The molecule has 4 nitrogen and oxygen atoms in total. The molecule has 1 aromatic heterocycles. The first-order valence-corrected chi connectivity index (χ1v) is 5.44. The second kappa shape index (κ2) is 4.96. The number of rotatable bonds is 1. The van der Waals surface area contributed by atoms with Crippen molar-refractivity contribution in [3.63, 3.8) is 0 Å². The smallest absolute Gasteiger partial charge is 0.247 e. The molecule has 1 aliphatic heterocycles. The van der Waals surface area contributed by atoms with E-state index in [-0.39, 0.29) is 11.9 Å². The minimum absolute atomic E-state index is 0.0706. The van der Waals surface area contributed by atoms with Gasteiger partial charge in [0, 0.05) is 19.8 Å². The summed E-state index contributed by atoms with van der Waals surface area (Å²) < 4.78 is 1.77. The van der Waals surface area contributed by atoms with Crippen LogP contribution in [0.15, 0.2) is 12.4 Å². The number of aryl methyl sites for hydroxylation is 1. The normalized spacial score (nSPS) is 20.1. The summed E-state index contributed by atoms with van der Waals surface area (Å²) in [6, 6.07) is -0.0706. The van der Waals surface area contributed by atoms with Crippen molar-refractivity contribution >= 4 is 5.91 Å². The summed E-state index contributed by atoms with van der Waals surface area (Å²) in [7, 11) is 1.83. The quantitative estimate of drug-likeness (QED) is 0.705. The standard InChI is InChI=1S/C9H13N3O.C2H6/c1-7-5-10-12(6-7)8-3-4-11(2)9(8)13;1-2/h5-6,8H,3-4H2,1-2H3;1-2H3. The molecule has 15 heavy (non-hydrogen) atoms. The van der Waals surface area contributed by atoms with Gasteiger partial charge in [-0.05, 0) is 18.9 Å². The third kappa shape index (κ3) is 2.37. The van der Waals surface area contributed by atoms with E-state index in [9.17, 15) is 4.79 Å². The second-order valence-electron chi connectivity index (χ2n) is 3.56. The lowest BCUT2D eigenvalue weighted by molar-refractivity contribution is -0.129. The van der Waals surface area contributed by atoms with Crippen molar-refractivity contribution in [3.05, 3.63) is 18.0 Å². The first kappa shape index (κ1) is 11.8. The van der Waals surface area contributed by atoms with E-state index in [0.29, 0.717) is 0 Å². The van der Waals surface area contributed by atoms with Crippen molar-refractivity contribution in [2.75, 3.05) is 13.6 Å². The molecule has 1 amide bonds. The second-order valence-corrected chi connectivity index (χ2v) is 3.56. The van der Waals surface area contributed by atoms with Gasteiger partial charge < -0.3 is 4.90 Å². The number of nitrogens with zero attached hydrogens (tertiary/aromatic N) is 3. The molecule has 0 N–H and O–H groups in total. The van der Waals surface area contributed by atoms with Gasteiger partial charge in [-0.3, -0.25) is 9.48 Å². The van der Waals surface area contributed by atoms with Crippen LogP contribution >= 0.6 is 0 Å². The number of amides is 1. The summed E-state index contributed by atoms with van der Waals surface area (Å²) in [5.41, 5.74) is 1.10. The largest absolute Gasteiger partial charge is 0.344 e. The van der Waals surface area contributed by atoms with Crippen molar-refractivity contribution in [3.8, 4) is 0 Å². The number of aromatic nitrogens is 2. The fraction of sp³-hybridized carbons (Fsp3) is 0.636. The monoisotopic (exact) mass is 209 g/mol. The van der Waals surface area contributed by atoms with Gasteiger partial charge >= 0.3 is 0 Å². The average Bonchev–Trinajstić information content (AvgIpc) is 2.79. The molecule has 1 atom stereocenters. The van der Waals surface area contributed by atoms with E-state index in [4.69, 9.17) is 0 Å². The minimum Gasteiger partial charge on any atom is -0.344 e. The minimum atomic E-state index is -0.0706. The number of carbonyl (C=O) groups is 1. The number of likely N-dealkylation sites (tertiary alicyclic amines) is 1. The molecule has 1 saturated heterocycles. The number of hydrogen-bond donors (Lipinski definition) is 0. The maximum absolute atomic E-state index is 11.6. The molecule has 0 spiro atoms. The van der Waals surface area contributed by atoms with Gasteiger partial charge in [0.1, 0.15) is 6.04 Å². The van der Waals surface area contributed by atoms with Crippen LogP contribution in [-0.4, -0.2) is 34.2 Å². The van der Waals surface area contributed by atoms with Gasteiger partial charge in [0.05, 0.1) is 6.20 Å². The highest BCUT2D eigenvalue weighted by molar-refractivity contribution is 5.82. The first-order chi connectivity index (χ1) is 7.18. The van der Waals surface area contributed by atoms with Crippen LogP contribution in [-0.2, 0) is 4.79 Å². The molecule has 0 aromatic carbocycles. The molecular weight excluding hydrogens is 190 g/mol. The summed E-state index contributed by atoms with van der Waals surface area (Å²) in [4.78, 5) is 13.3. The van der Waals surface area contributed by atoms with E-state index in [2.05, 4.69) is 5.10 Å². The Labute approximate surface area is 90.9 Å². The highest BCUT2D eigenvalue weighted by Crippen LogP contribution is 2.20. The first-order valence-electron chi connectivity index (χ1n) is 5.44. The number of likely N-dealkylation sites (N-methyl/N-ethyl adjacent to an activating group) is 1. The van der Waals surface area contributed by atoms with Crippen LogP contribution in [0.25, 0.3) is 0 Å². The molecule has 1 unspecified atom stereocenters. The summed E-state index contributed by atoms with van der Waals surface area (Å²) in [5, 5.41) is 4.15.